The van der Waals surface area contributed by atoms with E-state index < -0.39 is 35.0 Å². The molecule has 3 atom stereocenters. The number of amides is 2. The molecule has 0 fully saturated rings. The molecule has 0 spiro atoms. The lowest BCUT2D eigenvalue weighted by Crippen LogP contribution is -2.52. The molecule has 0 radical (unpaired) electrons. The van der Waals surface area contributed by atoms with E-state index >= 15 is 0 Å². The number of hydrogen-bond donors (Lipinski definition) is 5. The fourth-order valence-electron chi connectivity index (χ4n) is 2.49. The molecule has 11 heteroatoms. The number of benzene rings is 2. The quantitative estimate of drug-likeness (QED) is 0.332. The van der Waals surface area contributed by atoms with E-state index in [1.807, 2.05) is 6.07 Å². The minimum Gasteiger partial charge on any atom is -0.391 e. The zero-order valence-corrected chi connectivity index (χ0v) is 17.5. The topological polar surface area (TPSA) is 152 Å². The maximum atomic E-state index is 12.5. The first-order chi connectivity index (χ1) is 14.1. The fourth-order valence-corrected chi connectivity index (χ4v) is 3.07. The van der Waals surface area contributed by atoms with Gasteiger partial charge >= 0.3 is 0 Å². The number of nitriles is 1. The Morgan fingerprint density at radius 2 is 1.80 bits per heavy atom. The Morgan fingerprint density at radius 1 is 1.17 bits per heavy atom. The summed E-state index contributed by atoms with van der Waals surface area (Å²) in [5.41, 5.74) is 5.84. The molecule has 2 aromatic rings. The summed E-state index contributed by atoms with van der Waals surface area (Å²) in [5.74, 6) is -1.37. The molecule has 0 saturated carbocycles. The Hall–Kier alpha value is -2.97. The number of anilines is 1. The van der Waals surface area contributed by atoms with Gasteiger partial charge in [-0.05, 0) is 55.8 Å². The molecule has 2 aromatic carbocycles. The molecule has 2 amide bonds. The number of halogens is 1. The average Bonchev–Trinajstić information content (AvgIpc) is 2.72. The van der Waals surface area contributed by atoms with E-state index in [0.29, 0.717) is 11.3 Å². The van der Waals surface area contributed by atoms with Crippen molar-refractivity contribution in [2.75, 3.05) is 5.32 Å². The molecule has 0 aliphatic heterocycles. The molecule has 30 heavy (non-hydrogen) atoms. The predicted octanol–water partition coefficient (Wildman–Crippen LogP) is 1.72. The van der Waals surface area contributed by atoms with Crippen LogP contribution >= 0.6 is 11.6 Å². The largest absolute Gasteiger partial charge is 0.391 e. The lowest BCUT2D eigenvalue weighted by atomic mass is 10.1. The van der Waals surface area contributed by atoms with Gasteiger partial charge in [0.25, 0.3) is 11.8 Å². The summed E-state index contributed by atoms with van der Waals surface area (Å²) < 4.78 is 20.0. The number of rotatable bonds is 6. The average molecular weight is 451 g/mol. The minimum absolute atomic E-state index is 0.130. The number of nitrogens with one attached hydrogen (secondary N) is 3. The van der Waals surface area contributed by atoms with Crippen LogP contribution in [-0.4, -0.2) is 37.8 Å². The summed E-state index contributed by atoms with van der Waals surface area (Å²) in [6.45, 7) is 3.06. The first-order valence-corrected chi connectivity index (χ1v) is 10.1. The van der Waals surface area contributed by atoms with Gasteiger partial charge in [0.1, 0.15) is 12.1 Å². The predicted molar refractivity (Wildman–Crippen MR) is 111 cm³/mol. The third-order valence-electron chi connectivity index (χ3n) is 4.20. The van der Waals surface area contributed by atoms with E-state index in [9.17, 15) is 18.9 Å². The highest BCUT2D eigenvalue weighted by Gasteiger charge is 2.25. The van der Waals surface area contributed by atoms with Crippen molar-refractivity contribution in [3.8, 4) is 6.07 Å². The van der Waals surface area contributed by atoms with Crippen molar-refractivity contribution in [3.05, 3.63) is 58.1 Å². The molecule has 0 heterocycles. The highest BCUT2D eigenvalue weighted by Crippen LogP contribution is 2.27. The van der Waals surface area contributed by atoms with E-state index in [2.05, 4.69) is 16.2 Å². The molecule has 1 unspecified atom stereocenters. The molecule has 0 aliphatic rings. The van der Waals surface area contributed by atoms with Gasteiger partial charge in [-0.3, -0.25) is 20.4 Å². The van der Waals surface area contributed by atoms with Crippen LogP contribution in [0.2, 0.25) is 5.02 Å². The van der Waals surface area contributed by atoms with Crippen LogP contribution in [0, 0.1) is 18.3 Å². The highest BCUT2D eigenvalue weighted by molar-refractivity contribution is 7.79. The first-order valence-electron chi connectivity index (χ1n) is 8.60. The van der Waals surface area contributed by atoms with Crippen LogP contribution in [0.25, 0.3) is 0 Å². The van der Waals surface area contributed by atoms with Crippen molar-refractivity contribution in [1.29, 1.82) is 5.26 Å². The minimum atomic E-state index is -2.16. The summed E-state index contributed by atoms with van der Waals surface area (Å²) >= 11 is 3.96. The van der Waals surface area contributed by atoms with E-state index in [1.165, 1.54) is 37.3 Å². The van der Waals surface area contributed by atoms with E-state index in [1.54, 1.807) is 13.0 Å². The van der Waals surface area contributed by atoms with Gasteiger partial charge in [-0.25, -0.2) is 4.21 Å². The Labute approximate surface area is 180 Å². The standard InChI is InChI=1S/C19H19ClN4O5S/c1-10-15(8-5-13(9-21)16(10)20)22-17(11(2)25)19(27)24-23-18(26)12-3-6-14(7-4-12)30(28)29/h3-8,11,17,22,25H,1-2H3,(H,23,26)(H,24,27)(H,28,29)/t11-,17-/m1/s1. The molecule has 0 aliphatic carbocycles. The smallest absolute Gasteiger partial charge is 0.269 e. The van der Waals surface area contributed by atoms with Gasteiger partial charge in [0.05, 0.1) is 21.6 Å². The van der Waals surface area contributed by atoms with Gasteiger partial charge < -0.3 is 15.0 Å². The monoisotopic (exact) mass is 450 g/mol. The fraction of sp³-hybridized carbons (Fsp3) is 0.211. The van der Waals surface area contributed by atoms with Gasteiger partial charge in [-0.2, -0.15) is 5.26 Å². The maximum Gasteiger partial charge on any atom is 0.269 e. The Bertz CT molecular complexity index is 1020. The van der Waals surface area contributed by atoms with Crippen LogP contribution in [-0.2, 0) is 15.9 Å². The van der Waals surface area contributed by atoms with Crippen molar-refractivity contribution < 1.29 is 23.5 Å². The van der Waals surface area contributed by atoms with Gasteiger partial charge in [0.2, 0.25) is 0 Å². The van der Waals surface area contributed by atoms with Crippen molar-refractivity contribution >= 4 is 40.2 Å². The highest BCUT2D eigenvalue weighted by atomic mass is 35.5. The number of carbonyl (C=O) groups is 2. The van der Waals surface area contributed by atoms with Crippen molar-refractivity contribution in [1.82, 2.24) is 10.9 Å². The number of nitrogens with zero attached hydrogens (tertiary/aromatic N) is 1. The maximum absolute atomic E-state index is 12.5. The van der Waals surface area contributed by atoms with Crippen LogP contribution < -0.4 is 16.2 Å². The zero-order chi connectivity index (χ0) is 22.4. The summed E-state index contributed by atoms with van der Waals surface area (Å²) in [7, 11) is 0. The van der Waals surface area contributed by atoms with Crippen molar-refractivity contribution in [3.63, 3.8) is 0 Å². The molecule has 0 aromatic heterocycles. The molecule has 158 valence electrons. The van der Waals surface area contributed by atoms with E-state index in [-0.39, 0.29) is 21.0 Å². The third kappa shape index (κ3) is 5.55. The number of hydrazine groups is 1. The second-order valence-electron chi connectivity index (χ2n) is 6.29. The summed E-state index contributed by atoms with van der Waals surface area (Å²) in [6, 6.07) is 9.15. The van der Waals surface area contributed by atoms with Crippen LogP contribution in [0.15, 0.2) is 41.3 Å². The Balaban J connectivity index is 2.07. The molecular weight excluding hydrogens is 432 g/mol. The summed E-state index contributed by atoms with van der Waals surface area (Å²) in [5, 5.41) is 22.1. The normalized spacial score (nSPS) is 13.5. The number of aliphatic hydroxyl groups is 1. The number of aliphatic hydroxyl groups excluding tert-OH is 1. The number of hydrogen-bond acceptors (Lipinski definition) is 6. The van der Waals surface area contributed by atoms with Gasteiger partial charge in [-0.15, -0.1) is 0 Å². The molecule has 0 bridgehead atoms. The molecule has 5 N–H and O–H groups in total. The Morgan fingerprint density at radius 3 is 2.33 bits per heavy atom. The lowest BCUT2D eigenvalue weighted by molar-refractivity contribution is -0.124. The first kappa shape index (κ1) is 23.3. The van der Waals surface area contributed by atoms with Gasteiger partial charge in [0, 0.05) is 11.3 Å². The van der Waals surface area contributed by atoms with Crippen LogP contribution in [0.5, 0.6) is 0 Å². The van der Waals surface area contributed by atoms with Gasteiger partial charge in [0.15, 0.2) is 11.1 Å². The van der Waals surface area contributed by atoms with Crippen molar-refractivity contribution in [2.45, 2.75) is 30.9 Å². The summed E-state index contributed by atoms with van der Waals surface area (Å²) in [4.78, 5) is 24.8. The SMILES string of the molecule is Cc1c(N[C@@H](C(=O)NNC(=O)c2ccc(S(=O)O)cc2)[C@@H](C)O)ccc(C#N)c1Cl. The molecule has 2 rings (SSSR count). The van der Waals surface area contributed by atoms with E-state index in [4.69, 9.17) is 21.4 Å². The second kappa shape index (κ2) is 10.2. The number of carbonyl (C=O) groups excluding carboxylic acids is 2. The van der Waals surface area contributed by atoms with Crippen molar-refractivity contribution in [2.24, 2.45) is 0 Å². The molecular formula is C19H19ClN4O5S. The van der Waals surface area contributed by atoms with Crippen LogP contribution in [0.3, 0.4) is 0 Å². The second-order valence-corrected chi connectivity index (χ2v) is 7.64. The zero-order valence-electron chi connectivity index (χ0n) is 16.0. The van der Waals surface area contributed by atoms with Gasteiger partial charge in [-0.1, -0.05) is 11.6 Å². The molecule has 9 nitrogen and oxygen atoms in total. The third-order valence-corrected chi connectivity index (χ3v) is 5.36. The Kier molecular flexibility index (Phi) is 7.91. The summed E-state index contributed by atoms with van der Waals surface area (Å²) in [6.07, 6.45) is -1.13. The lowest BCUT2D eigenvalue weighted by Gasteiger charge is -2.23. The van der Waals surface area contributed by atoms with Crippen LogP contribution in [0.1, 0.15) is 28.4 Å². The van der Waals surface area contributed by atoms with E-state index in [0.717, 1.165) is 0 Å². The molecule has 0 saturated heterocycles. The van der Waals surface area contributed by atoms with Crippen LogP contribution in [0.4, 0.5) is 5.69 Å².